The van der Waals surface area contributed by atoms with Gasteiger partial charge in [-0.2, -0.15) is 0 Å². The second-order valence-corrected chi connectivity index (χ2v) is 18.9. The first-order valence-corrected chi connectivity index (χ1v) is 21.3. The zero-order chi connectivity index (χ0) is 36.8. The predicted octanol–water partition coefficient (Wildman–Crippen LogP) is 5.67. The van der Waals surface area contributed by atoms with Gasteiger partial charge in [0.05, 0.1) is 31.4 Å². The molecule has 274 valence electrons. The monoisotopic (exact) mass is 726 g/mol. The van der Waals surface area contributed by atoms with Gasteiger partial charge in [0, 0.05) is 67.4 Å². The minimum atomic E-state index is -3.58. The number of aliphatic hydroxyl groups excluding tert-OH is 1. The number of benzene rings is 3. The normalized spacial score (nSPS) is 24.4. The van der Waals surface area contributed by atoms with Gasteiger partial charge in [-0.25, -0.2) is 0 Å². The standard InChI is InChI=1S/C40H47FN4O6Si/c1-27-38(52(2,3)41)34(24-37(49)42(20-21-46)25-28-10-5-4-6-11-28)51-40(27)32-23-31(44-19-9-15-36(44)48)16-17-33(32)45(39(40)50)26-29-12-7-13-30(22-29)43-18-8-14-35(43)47/h4-7,10-13,16-17,22-23,27,34,38,46H,8-9,14-15,18-21,24-26H2,1-3H3/t27-,34+,38-,40+/m1/s1. The maximum Gasteiger partial charge on any atom is 0.264 e. The molecule has 3 fully saturated rings. The van der Waals surface area contributed by atoms with E-state index in [9.17, 15) is 19.5 Å². The van der Waals surface area contributed by atoms with Crippen LogP contribution in [0.25, 0.3) is 0 Å². The van der Waals surface area contributed by atoms with Crippen LogP contribution in [0, 0.1) is 5.92 Å². The smallest absolute Gasteiger partial charge is 0.264 e. The molecule has 0 aromatic heterocycles. The van der Waals surface area contributed by atoms with Crippen LogP contribution in [-0.4, -0.2) is 74.4 Å². The van der Waals surface area contributed by atoms with Crippen LogP contribution in [0.1, 0.15) is 55.7 Å². The fraction of sp³-hybridized carbons (Fsp3) is 0.450. The second kappa shape index (κ2) is 14.2. The minimum absolute atomic E-state index is 0.00452. The van der Waals surface area contributed by atoms with Gasteiger partial charge in [0.15, 0.2) is 5.60 Å². The third-order valence-corrected chi connectivity index (χ3v) is 13.7. The SMILES string of the molecule is C[C@@H]1[C@@H]([Si](C)(C)F)[C@H](CC(=O)N(CCO)Cc2ccccc2)O[C@@]12C(=O)N(Cc1cccc(N3CCCC3=O)c1)c1ccc(N3CCCC3=O)cc12. The highest BCUT2D eigenvalue weighted by atomic mass is 28.4. The summed E-state index contributed by atoms with van der Waals surface area (Å²) in [4.78, 5) is 61.2. The van der Waals surface area contributed by atoms with Crippen LogP contribution in [0.4, 0.5) is 21.2 Å². The molecule has 7 rings (SSSR count). The zero-order valence-electron chi connectivity index (χ0n) is 30.1. The first kappa shape index (κ1) is 36.0. The number of fused-ring (bicyclic) bond motifs is 2. The number of carbonyl (C=O) groups excluding carboxylic acids is 4. The highest BCUT2D eigenvalue weighted by Crippen LogP contribution is 2.61. The van der Waals surface area contributed by atoms with Crippen LogP contribution >= 0.6 is 0 Å². The quantitative estimate of drug-likeness (QED) is 0.202. The Morgan fingerprint density at radius 3 is 2.19 bits per heavy atom. The van der Waals surface area contributed by atoms with Gasteiger partial charge in [-0.15, -0.1) is 0 Å². The fourth-order valence-corrected chi connectivity index (χ4v) is 11.4. The first-order valence-electron chi connectivity index (χ1n) is 18.4. The molecule has 0 saturated carbocycles. The molecule has 0 bridgehead atoms. The molecule has 4 atom stereocenters. The lowest BCUT2D eigenvalue weighted by Crippen LogP contribution is -2.45. The van der Waals surface area contributed by atoms with Crippen molar-refractivity contribution in [1.29, 1.82) is 0 Å². The van der Waals surface area contributed by atoms with E-state index in [2.05, 4.69) is 0 Å². The number of ether oxygens (including phenoxy) is 1. The van der Waals surface area contributed by atoms with Crippen LogP contribution in [0.3, 0.4) is 0 Å². The number of carbonyl (C=O) groups is 4. The number of amides is 4. The molecule has 12 heteroatoms. The van der Waals surface area contributed by atoms with Crippen molar-refractivity contribution < 1.29 is 33.1 Å². The average molecular weight is 727 g/mol. The first-order chi connectivity index (χ1) is 24.9. The molecule has 4 amide bonds. The maximum absolute atomic E-state index is 16.6. The minimum Gasteiger partial charge on any atom is -0.395 e. The summed E-state index contributed by atoms with van der Waals surface area (Å²) in [6.45, 7) is 6.61. The summed E-state index contributed by atoms with van der Waals surface area (Å²) in [5, 5.41) is 9.86. The third-order valence-electron chi connectivity index (χ3n) is 11.3. The van der Waals surface area contributed by atoms with Crippen molar-refractivity contribution in [3.8, 4) is 0 Å². The highest BCUT2D eigenvalue weighted by Gasteiger charge is 2.67. The van der Waals surface area contributed by atoms with E-state index in [0.717, 1.165) is 29.7 Å². The van der Waals surface area contributed by atoms with Gasteiger partial charge < -0.3 is 33.6 Å². The van der Waals surface area contributed by atoms with Crippen molar-refractivity contribution in [3.05, 3.63) is 89.5 Å². The van der Waals surface area contributed by atoms with E-state index in [1.54, 1.807) is 32.7 Å². The molecule has 10 nitrogen and oxygen atoms in total. The zero-order valence-corrected chi connectivity index (χ0v) is 31.1. The second-order valence-electron chi connectivity index (χ2n) is 15.1. The van der Waals surface area contributed by atoms with E-state index in [0.29, 0.717) is 42.9 Å². The molecular weight excluding hydrogens is 680 g/mol. The van der Waals surface area contributed by atoms with Crippen molar-refractivity contribution in [2.75, 3.05) is 40.9 Å². The van der Waals surface area contributed by atoms with Crippen molar-refractivity contribution in [2.24, 2.45) is 5.92 Å². The van der Waals surface area contributed by atoms with Crippen LogP contribution in [-0.2, 0) is 42.6 Å². The summed E-state index contributed by atoms with van der Waals surface area (Å²) >= 11 is 0. The Morgan fingerprint density at radius 2 is 1.58 bits per heavy atom. The number of halogens is 1. The number of hydrogen-bond acceptors (Lipinski definition) is 6. The van der Waals surface area contributed by atoms with Gasteiger partial charge >= 0.3 is 0 Å². The van der Waals surface area contributed by atoms with Gasteiger partial charge in [0.1, 0.15) is 0 Å². The van der Waals surface area contributed by atoms with E-state index < -0.39 is 31.6 Å². The number of aliphatic hydroxyl groups is 1. The topological polar surface area (TPSA) is 111 Å². The summed E-state index contributed by atoms with van der Waals surface area (Å²) in [6, 6.07) is 22.7. The maximum atomic E-state index is 16.6. The molecule has 4 heterocycles. The number of anilines is 3. The Bertz CT molecular complexity index is 1870. The van der Waals surface area contributed by atoms with Crippen LogP contribution < -0.4 is 14.7 Å². The highest BCUT2D eigenvalue weighted by molar-refractivity contribution is 6.72. The van der Waals surface area contributed by atoms with Gasteiger partial charge in [0.2, 0.25) is 26.1 Å². The molecule has 0 unspecified atom stereocenters. The lowest BCUT2D eigenvalue weighted by atomic mass is 9.82. The van der Waals surface area contributed by atoms with Crippen molar-refractivity contribution >= 4 is 49.1 Å². The molecule has 1 spiro atoms. The van der Waals surface area contributed by atoms with E-state index in [4.69, 9.17) is 4.74 Å². The Labute approximate surface area is 305 Å². The molecule has 52 heavy (non-hydrogen) atoms. The molecule has 1 N–H and O–H groups in total. The van der Waals surface area contributed by atoms with E-state index in [-0.39, 0.29) is 56.3 Å². The third kappa shape index (κ3) is 6.45. The molecule has 0 radical (unpaired) electrons. The van der Waals surface area contributed by atoms with Gasteiger partial charge in [-0.3, -0.25) is 19.2 Å². The van der Waals surface area contributed by atoms with Crippen LogP contribution in [0.5, 0.6) is 0 Å². The molecule has 0 aliphatic carbocycles. The van der Waals surface area contributed by atoms with E-state index in [1.807, 2.05) is 79.7 Å². The van der Waals surface area contributed by atoms with Crippen LogP contribution in [0.15, 0.2) is 72.8 Å². The number of nitrogens with zero attached hydrogens (tertiary/aromatic N) is 4. The lowest BCUT2D eigenvalue weighted by Gasteiger charge is -2.31. The Balaban J connectivity index is 1.26. The summed E-state index contributed by atoms with van der Waals surface area (Å²) in [5.74, 6) is -1.18. The Hall–Kier alpha value is -4.39. The van der Waals surface area contributed by atoms with E-state index in [1.165, 1.54) is 0 Å². The molecule has 3 aromatic rings. The summed E-state index contributed by atoms with van der Waals surface area (Å²) in [7, 11) is -3.58. The van der Waals surface area contributed by atoms with Crippen molar-refractivity contribution in [3.63, 3.8) is 0 Å². The van der Waals surface area contributed by atoms with Crippen molar-refractivity contribution in [1.82, 2.24) is 4.90 Å². The van der Waals surface area contributed by atoms with Gasteiger partial charge in [-0.05, 0) is 67.4 Å². The Morgan fingerprint density at radius 1 is 0.923 bits per heavy atom. The molecule has 4 aliphatic heterocycles. The molecular formula is C40H47FN4O6Si. The van der Waals surface area contributed by atoms with Crippen molar-refractivity contribution in [2.45, 2.75) is 82.5 Å². The van der Waals surface area contributed by atoms with Gasteiger partial charge in [0.25, 0.3) is 5.91 Å². The average Bonchev–Trinajstić information content (AvgIpc) is 3.87. The Kier molecular flexibility index (Phi) is 9.83. The molecule has 3 aromatic carbocycles. The van der Waals surface area contributed by atoms with Gasteiger partial charge in [-0.1, -0.05) is 49.4 Å². The number of rotatable bonds is 11. The molecule has 4 aliphatic rings. The fourth-order valence-electron chi connectivity index (χ4n) is 8.93. The van der Waals surface area contributed by atoms with Crippen LogP contribution in [0.2, 0.25) is 18.6 Å². The lowest BCUT2D eigenvalue weighted by molar-refractivity contribution is -0.150. The predicted molar refractivity (Wildman–Crippen MR) is 199 cm³/mol. The largest absolute Gasteiger partial charge is 0.395 e. The summed E-state index contributed by atoms with van der Waals surface area (Å²) in [5.41, 5.74) is 2.05. The number of hydrogen-bond donors (Lipinski definition) is 1. The van der Waals surface area contributed by atoms with E-state index >= 15 is 8.90 Å². The molecule has 3 saturated heterocycles. The summed E-state index contributed by atoms with van der Waals surface area (Å²) < 4.78 is 23.5. The summed E-state index contributed by atoms with van der Waals surface area (Å²) in [6.07, 6.45) is 1.43.